The van der Waals surface area contributed by atoms with E-state index in [9.17, 15) is 4.79 Å². The molecule has 0 aromatic carbocycles. The van der Waals surface area contributed by atoms with E-state index in [0.717, 1.165) is 19.5 Å². The number of ketones is 1. The summed E-state index contributed by atoms with van der Waals surface area (Å²) >= 11 is 0. The zero-order valence-corrected chi connectivity index (χ0v) is 6.31. The molecule has 1 aliphatic heterocycles. The first kappa shape index (κ1) is 7.48. The van der Waals surface area contributed by atoms with E-state index in [0.29, 0.717) is 5.57 Å². The number of carbonyl (C=O) groups is 1. The van der Waals surface area contributed by atoms with Gasteiger partial charge in [-0.05, 0) is 25.5 Å². The second kappa shape index (κ2) is 2.97. The summed E-state index contributed by atoms with van der Waals surface area (Å²) in [7, 11) is 0. The molecule has 56 valence electrons. The van der Waals surface area contributed by atoms with Crippen molar-refractivity contribution < 1.29 is 4.79 Å². The highest BCUT2D eigenvalue weighted by molar-refractivity contribution is 5.96. The number of allylic oxidation sites excluding steroid dienone is 1. The molecule has 0 aromatic rings. The lowest BCUT2D eigenvalue weighted by Crippen LogP contribution is -2.17. The van der Waals surface area contributed by atoms with Crippen LogP contribution in [0.4, 0.5) is 0 Å². The molecule has 2 nitrogen and oxygen atoms in total. The van der Waals surface area contributed by atoms with Gasteiger partial charge in [0.15, 0.2) is 5.78 Å². The lowest BCUT2D eigenvalue weighted by Gasteiger charge is -2.04. The Hall–Kier alpha value is -0.630. The van der Waals surface area contributed by atoms with Gasteiger partial charge in [-0.1, -0.05) is 6.58 Å². The van der Waals surface area contributed by atoms with Crippen LogP contribution in [0, 0.1) is 5.92 Å². The van der Waals surface area contributed by atoms with Crippen molar-refractivity contribution in [3.8, 4) is 0 Å². The molecule has 1 aliphatic rings. The molecule has 1 heterocycles. The molecule has 0 amide bonds. The van der Waals surface area contributed by atoms with Crippen LogP contribution in [0.25, 0.3) is 0 Å². The summed E-state index contributed by atoms with van der Waals surface area (Å²) in [5.74, 6) is 0.433. The van der Waals surface area contributed by atoms with Gasteiger partial charge in [0, 0.05) is 12.5 Å². The zero-order chi connectivity index (χ0) is 7.56. The van der Waals surface area contributed by atoms with E-state index in [1.807, 2.05) is 0 Å². The van der Waals surface area contributed by atoms with Crippen LogP contribution < -0.4 is 5.32 Å². The van der Waals surface area contributed by atoms with E-state index < -0.39 is 0 Å². The normalized spacial score (nSPS) is 24.7. The highest BCUT2D eigenvalue weighted by Crippen LogP contribution is 2.12. The molecule has 0 radical (unpaired) electrons. The van der Waals surface area contributed by atoms with Crippen molar-refractivity contribution >= 4 is 5.78 Å². The van der Waals surface area contributed by atoms with Gasteiger partial charge >= 0.3 is 0 Å². The van der Waals surface area contributed by atoms with Crippen molar-refractivity contribution in [3.05, 3.63) is 12.2 Å². The zero-order valence-electron chi connectivity index (χ0n) is 6.31. The van der Waals surface area contributed by atoms with Gasteiger partial charge in [0.05, 0.1) is 0 Å². The third-order valence-electron chi connectivity index (χ3n) is 1.85. The summed E-state index contributed by atoms with van der Waals surface area (Å²) in [6, 6.07) is 0. The van der Waals surface area contributed by atoms with E-state index in [-0.39, 0.29) is 11.7 Å². The minimum Gasteiger partial charge on any atom is -0.316 e. The van der Waals surface area contributed by atoms with Crippen LogP contribution >= 0.6 is 0 Å². The van der Waals surface area contributed by atoms with Gasteiger partial charge in [-0.3, -0.25) is 4.79 Å². The van der Waals surface area contributed by atoms with Crippen molar-refractivity contribution in [2.24, 2.45) is 5.92 Å². The molecular formula is C8H13NO. The molecule has 1 rings (SSSR count). The lowest BCUT2D eigenvalue weighted by molar-refractivity contribution is -0.118. The Bertz CT molecular complexity index is 157. The Morgan fingerprint density at radius 3 is 2.80 bits per heavy atom. The molecule has 1 N–H and O–H groups in total. The molecule has 0 aliphatic carbocycles. The van der Waals surface area contributed by atoms with Crippen LogP contribution in [-0.4, -0.2) is 18.9 Å². The Balaban J connectivity index is 2.48. The third kappa shape index (κ3) is 1.45. The molecule has 1 saturated heterocycles. The number of hydrogen-bond acceptors (Lipinski definition) is 2. The third-order valence-corrected chi connectivity index (χ3v) is 1.85. The average molecular weight is 139 g/mol. The standard InChI is InChI=1S/C8H13NO/c1-6(2)8(10)7-3-4-9-5-7/h7,9H,1,3-5H2,2H3. The number of rotatable bonds is 2. The van der Waals surface area contributed by atoms with Gasteiger partial charge in [-0.15, -0.1) is 0 Å². The fourth-order valence-corrected chi connectivity index (χ4v) is 1.23. The van der Waals surface area contributed by atoms with Gasteiger partial charge < -0.3 is 5.32 Å². The van der Waals surface area contributed by atoms with E-state index in [2.05, 4.69) is 11.9 Å². The second-order valence-corrected chi connectivity index (χ2v) is 2.83. The Labute approximate surface area is 61.3 Å². The van der Waals surface area contributed by atoms with E-state index in [1.54, 1.807) is 6.92 Å². The fourth-order valence-electron chi connectivity index (χ4n) is 1.23. The fraction of sp³-hybridized carbons (Fsp3) is 0.625. The molecule has 0 spiro atoms. The Morgan fingerprint density at radius 2 is 2.40 bits per heavy atom. The van der Waals surface area contributed by atoms with Crippen molar-refractivity contribution in [2.75, 3.05) is 13.1 Å². The van der Waals surface area contributed by atoms with Crippen molar-refractivity contribution in [2.45, 2.75) is 13.3 Å². The van der Waals surface area contributed by atoms with Crippen LogP contribution in [0.3, 0.4) is 0 Å². The monoisotopic (exact) mass is 139 g/mol. The first-order chi connectivity index (χ1) is 4.72. The molecule has 1 fully saturated rings. The summed E-state index contributed by atoms with van der Waals surface area (Å²) in [6.07, 6.45) is 0.978. The lowest BCUT2D eigenvalue weighted by atomic mass is 9.99. The number of Topliss-reactive ketones (excluding diaryl/α,β-unsaturated/α-hetero) is 1. The quantitative estimate of drug-likeness (QED) is 0.572. The largest absolute Gasteiger partial charge is 0.316 e. The predicted octanol–water partition coefficient (Wildman–Crippen LogP) is 0.741. The number of hydrogen-bond donors (Lipinski definition) is 1. The molecule has 0 aromatic heterocycles. The van der Waals surface area contributed by atoms with Gasteiger partial charge in [0.1, 0.15) is 0 Å². The molecule has 10 heavy (non-hydrogen) atoms. The minimum absolute atomic E-state index is 0.206. The van der Waals surface area contributed by atoms with Crippen molar-refractivity contribution in [1.82, 2.24) is 5.32 Å². The summed E-state index contributed by atoms with van der Waals surface area (Å²) in [5, 5.41) is 3.15. The highest BCUT2D eigenvalue weighted by atomic mass is 16.1. The van der Waals surface area contributed by atoms with E-state index >= 15 is 0 Å². The summed E-state index contributed by atoms with van der Waals surface area (Å²) in [6.45, 7) is 7.22. The van der Waals surface area contributed by atoms with Gasteiger partial charge in [-0.25, -0.2) is 0 Å². The smallest absolute Gasteiger partial charge is 0.162 e. The summed E-state index contributed by atoms with van der Waals surface area (Å²) in [4.78, 5) is 11.2. The van der Waals surface area contributed by atoms with Crippen molar-refractivity contribution in [1.29, 1.82) is 0 Å². The minimum atomic E-state index is 0.206. The topological polar surface area (TPSA) is 29.1 Å². The Morgan fingerprint density at radius 1 is 1.70 bits per heavy atom. The number of nitrogens with one attached hydrogen (secondary N) is 1. The van der Waals surface area contributed by atoms with Crippen LogP contribution in [0.15, 0.2) is 12.2 Å². The molecule has 1 atom stereocenters. The number of carbonyl (C=O) groups excluding carboxylic acids is 1. The van der Waals surface area contributed by atoms with Crippen LogP contribution in [-0.2, 0) is 4.79 Å². The second-order valence-electron chi connectivity index (χ2n) is 2.83. The van der Waals surface area contributed by atoms with Gasteiger partial charge in [-0.2, -0.15) is 0 Å². The molecular weight excluding hydrogens is 126 g/mol. The van der Waals surface area contributed by atoms with Crippen LogP contribution in [0.5, 0.6) is 0 Å². The molecule has 2 heteroatoms. The van der Waals surface area contributed by atoms with Crippen LogP contribution in [0.2, 0.25) is 0 Å². The maximum absolute atomic E-state index is 11.2. The highest BCUT2D eigenvalue weighted by Gasteiger charge is 2.21. The van der Waals surface area contributed by atoms with Gasteiger partial charge in [0.25, 0.3) is 0 Å². The molecule has 0 saturated carbocycles. The SMILES string of the molecule is C=C(C)C(=O)C1CCNC1. The van der Waals surface area contributed by atoms with E-state index in [1.165, 1.54) is 0 Å². The summed E-state index contributed by atoms with van der Waals surface area (Å²) in [5.41, 5.74) is 0.689. The van der Waals surface area contributed by atoms with Crippen LogP contribution in [0.1, 0.15) is 13.3 Å². The maximum Gasteiger partial charge on any atom is 0.162 e. The van der Waals surface area contributed by atoms with Crippen molar-refractivity contribution in [3.63, 3.8) is 0 Å². The van der Waals surface area contributed by atoms with E-state index in [4.69, 9.17) is 0 Å². The Kier molecular flexibility index (Phi) is 2.22. The summed E-state index contributed by atoms with van der Waals surface area (Å²) < 4.78 is 0. The first-order valence-electron chi connectivity index (χ1n) is 3.62. The molecule has 0 bridgehead atoms. The maximum atomic E-state index is 11.2. The average Bonchev–Trinajstić information content (AvgIpc) is 2.36. The molecule has 1 unspecified atom stereocenters. The van der Waals surface area contributed by atoms with Gasteiger partial charge in [0.2, 0.25) is 0 Å². The predicted molar refractivity (Wildman–Crippen MR) is 40.8 cm³/mol. The first-order valence-corrected chi connectivity index (χ1v) is 3.62.